The van der Waals surface area contributed by atoms with Crippen LogP contribution in [0.4, 0.5) is 0 Å². The van der Waals surface area contributed by atoms with Gasteiger partial charge in [0.1, 0.15) is 17.6 Å². The lowest BCUT2D eigenvalue weighted by molar-refractivity contribution is -0.120. The SMILES string of the molecule is O=CN1N=C(c2ccccc2O)CC1c1ccco1. The molecule has 0 radical (unpaired) electrons. The number of benzene rings is 1. The summed E-state index contributed by atoms with van der Waals surface area (Å²) in [5.41, 5.74) is 1.31. The van der Waals surface area contributed by atoms with Crippen LogP contribution in [0.5, 0.6) is 5.75 Å². The fourth-order valence-corrected chi connectivity index (χ4v) is 2.22. The third-order valence-electron chi connectivity index (χ3n) is 3.14. The van der Waals surface area contributed by atoms with Crippen LogP contribution in [0.2, 0.25) is 0 Å². The molecule has 0 fully saturated rings. The van der Waals surface area contributed by atoms with Crippen LogP contribution in [0.15, 0.2) is 52.2 Å². The predicted octanol–water partition coefficient (Wildman–Crippen LogP) is 2.29. The molecule has 5 nitrogen and oxygen atoms in total. The number of phenolic OH excluding ortho intramolecular Hbond substituents is 1. The molecule has 0 saturated heterocycles. The third kappa shape index (κ3) is 1.99. The lowest BCUT2D eigenvalue weighted by Gasteiger charge is -2.13. The van der Waals surface area contributed by atoms with Crippen molar-refractivity contribution in [2.75, 3.05) is 0 Å². The second kappa shape index (κ2) is 4.61. The van der Waals surface area contributed by atoms with Crippen molar-refractivity contribution in [3.63, 3.8) is 0 Å². The Morgan fingerprint density at radius 2 is 2.16 bits per heavy atom. The number of para-hydroxylation sites is 1. The minimum absolute atomic E-state index is 0.159. The van der Waals surface area contributed by atoms with Gasteiger partial charge in [-0.15, -0.1) is 0 Å². The molecule has 0 saturated carbocycles. The Hall–Kier alpha value is -2.56. The Balaban J connectivity index is 1.94. The van der Waals surface area contributed by atoms with E-state index in [4.69, 9.17) is 4.42 Å². The van der Waals surface area contributed by atoms with E-state index >= 15 is 0 Å². The predicted molar refractivity (Wildman–Crippen MR) is 68.6 cm³/mol. The molecule has 2 heterocycles. The number of hydrogen-bond acceptors (Lipinski definition) is 4. The van der Waals surface area contributed by atoms with Gasteiger partial charge < -0.3 is 9.52 Å². The number of amides is 1. The topological polar surface area (TPSA) is 66.0 Å². The Labute approximate surface area is 109 Å². The Bertz CT molecular complexity index is 619. The summed E-state index contributed by atoms with van der Waals surface area (Å²) in [7, 11) is 0. The average Bonchev–Trinajstić information content (AvgIpc) is 3.08. The smallest absolute Gasteiger partial charge is 0.230 e. The largest absolute Gasteiger partial charge is 0.507 e. The standard InChI is InChI=1S/C14H12N2O3/c17-9-16-12(14-6-3-7-19-14)8-11(15-16)10-4-1-2-5-13(10)18/h1-7,9,12,18H,8H2. The number of phenols is 1. The summed E-state index contributed by atoms with van der Waals surface area (Å²) in [6.45, 7) is 0. The molecule has 0 aliphatic carbocycles. The highest BCUT2D eigenvalue weighted by atomic mass is 16.3. The molecular formula is C14H12N2O3. The lowest BCUT2D eigenvalue weighted by Crippen LogP contribution is -2.16. The van der Waals surface area contributed by atoms with Gasteiger partial charge in [-0.3, -0.25) is 4.79 Å². The van der Waals surface area contributed by atoms with E-state index in [2.05, 4.69) is 5.10 Å². The molecule has 5 heteroatoms. The summed E-state index contributed by atoms with van der Waals surface area (Å²) >= 11 is 0. The lowest BCUT2D eigenvalue weighted by atomic mass is 10.0. The number of furan rings is 1. The van der Waals surface area contributed by atoms with E-state index in [-0.39, 0.29) is 11.8 Å². The van der Waals surface area contributed by atoms with E-state index < -0.39 is 0 Å². The summed E-state index contributed by atoms with van der Waals surface area (Å²) in [6.07, 6.45) is 2.75. The Kier molecular flexibility index (Phi) is 2.79. The number of nitrogens with zero attached hydrogens (tertiary/aromatic N) is 2. The van der Waals surface area contributed by atoms with Crippen molar-refractivity contribution in [2.45, 2.75) is 12.5 Å². The van der Waals surface area contributed by atoms with Gasteiger partial charge in [0, 0.05) is 12.0 Å². The number of aromatic hydroxyl groups is 1. The van der Waals surface area contributed by atoms with E-state index in [0.29, 0.717) is 29.9 Å². The summed E-state index contributed by atoms with van der Waals surface area (Å²) in [5.74, 6) is 0.841. The zero-order valence-electron chi connectivity index (χ0n) is 10.1. The highest BCUT2D eigenvalue weighted by Crippen LogP contribution is 2.33. The van der Waals surface area contributed by atoms with E-state index in [1.165, 1.54) is 5.01 Å². The summed E-state index contributed by atoms with van der Waals surface area (Å²) in [4.78, 5) is 11.1. The zero-order chi connectivity index (χ0) is 13.2. The van der Waals surface area contributed by atoms with Gasteiger partial charge in [-0.2, -0.15) is 5.10 Å². The monoisotopic (exact) mass is 256 g/mol. The maximum atomic E-state index is 11.1. The number of carbonyl (C=O) groups is 1. The van der Waals surface area contributed by atoms with Crippen molar-refractivity contribution in [3.8, 4) is 5.75 Å². The average molecular weight is 256 g/mol. The van der Waals surface area contributed by atoms with Crippen LogP contribution in [-0.2, 0) is 4.79 Å². The molecule has 1 atom stereocenters. The van der Waals surface area contributed by atoms with Crippen molar-refractivity contribution >= 4 is 12.1 Å². The summed E-state index contributed by atoms with van der Waals surface area (Å²) in [5, 5.41) is 15.4. The Morgan fingerprint density at radius 1 is 1.32 bits per heavy atom. The molecule has 1 aliphatic rings. The van der Waals surface area contributed by atoms with Crippen molar-refractivity contribution in [2.24, 2.45) is 5.10 Å². The van der Waals surface area contributed by atoms with Crippen molar-refractivity contribution in [1.82, 2.24) is 5.01 Å². The minimum Gasteiger partial charge on any atom is -0.507 e. The molecule has 1 aromatic heterocycles. The van der Waals surface area contributed by atoms with Gasteiger partial charge in [-0.25, -0.2) is 5.01 Å². The first-order chi connectivity index (χ1) is 9.29. The number of hydrazone groups is 1. The molecule has 0 bridgehead atoms. The van der Waals surface area contributed by atoms with E-state index in [1.54, 1.807) is 30.5 Å². The molecular weight excluding hydrogens is 244 g/mol. The van der Waals surface area contributed by atoms with Crippen LogP contribution in [0.25, 0.3) is 0 Å². The Morgan fingerprint density at radius 3 is 2.84 bits per heavy atom. The van der Waals surface area contributed by atoms with Gasteiger partial charge in [0.2, 0.25) is 6.41 Å². The second-order valence-corrected chi connectivity index (χ2v) is 4.28. The molecule has 19 heavy (non-hydrogen) atoms. The fraction of sp³-hybridized carbons (Fsp3) is 0.143. The second-order valence-electron chi connectivity index (χ2n) is 4.28. The first-order valence-corrected chi connectivity index (χ1v) is 5.92. The molecule has 2 aromatic rings. The molecule has 96 valence electrons. The van der Waals surface area contributed by atoms with Gasteiger partial charge in [-0.1, -0.05) is 12.1 Å². The molecule has 0 spiro atoms. The van der Waals surface area contributed by atoms with Gasteiger partial charge >= 0.3 is 0 Å². The quantitative estimate of drug-likeness (QED) is 0.857. The maximum absolute atomic E-state index is 11.1. The van der Waals surface area contributed by atoms with Gasteiger partial charge in [0.25, 0.3) is 0 Å². The van der Waals surface area contributed by atoms with Crippen LogP contribution in [0.1, 0.15) is 23.8 Å². The summed E-state index contributed by atoms with van der Waals surface area (Å²) in [6, 6.07) is 10.3. The molecule has 3 rings (SSSR count). The fourth-order valence-electron chi connectivity index (χ4n) is 2.22. The first-order valence-electron chi connectivity index (χ1n) is 5.92. The normalized spacial score (nSPS) is 18.4. The van der Waals surface area contributed by atoms with Gasteiger partial charge in [0.05, 0.1) is 12.0 Å². The van der Waals surface area contributed by atoms with Crippen molar-refractivity contribution in [1.29, 1.82) is 0 Å². The zero-order valence-corrected chi connectivity index (χ0v) is 10.1. The van der Waals surface area contributed by atoms with E-state index in [9.17, 15) is 9.90 Å². The highest BCUT2D eigenvalue weighted by Gasteiger charge is 2.31. The van der Waals surface area contributed by atoms with Crippen LogP contribution in [0.3, 0.4) is 0 Å². The molecule has 1 unspecified atom stereocenters. The van der Waals surface area contributed by atoms with Crippen LogP contribution >= 0.6 is 0 Å². The van der Waals surface area contributed by atoms with Crippen molar-refractivity contribution < 1.29 is 14.3 Å². The maximum Gasteiger partial charge on any atom is 0.230 e. The molecule has 1 N–H and O–H groups in total. The van der Waals surface area contributed by atoms with Gasteiger partial charge in [-0.05, 0) is 24.3 Å². The summed E-state index contributed by atoms with van der Waals surface area (Å²) < 4.78 is 5.33. The number of carbonyl (C=O) groups excluding carboxylic acids is 1. The van der Waals surface area contributed by atoms with Gasteiger partial charge in [0.15, 0.2) is 0 Å². The van der Waals surface area contributed by atoms with Crippen LogP contribution in [0, 0.1) is 0 Å². The van der Waals surface area contributed by atoms with E-state index in [1.807, 2.05) is 12.1 Å². The molecule has 1 aromatic carbocycles. The highest BCUT2D eigenvalue weighted by molar-refractivity contribution is 6.04. The minimum atomic E-state index is -0.248. The third-order valence-corrected chi connectivity index (χ3v) is 3.14. The van der Waals surface area contributed by atoms with Crippen molar-refractivity contribution in [3.05, 3.63) is 54.0 Å². The molecule has 1 aliphatic heterocycles. The van der Waals surface area contributed by atoms with Crippen LogP contribution < -0.4 is 0 Å². The van der Waals surface area contributed by atoms with Crippen LogP contribution in [-0.4, -0.2) is 22.2 Å². The number of hydrogen-bond donors (Lipinski definition) is 1. The first kappa shape index (κ1) is 11.5. The van der Waals surface area contributed by atoms with E-state index in [0.717, 1.165) is 0 Å². The molecule has 1 amide bonds. The number of rotatable bonds is 3.